The molecule has 0 amide bonds. The highest BCUT2D eigenvalue weighted by molar-refractivity contribution is 7.73. The number of ether oxygens (including phenoxy) is 1. The zero-order valence-electron chi connectivity index (χ0n) is 17.4. The van der Waals surface area contributed by atoms with Crippen molar-refractivity contribution in [1.82, 2.24) is 4.68 Å². The summed E-state index contributed by atoms with van der Waals surface area (Å²) < 4.78 is 71.6. The van der Waals surface area contributed by atoms with Crippen LogP contribution in [0.2, 0.25) is 5.02 Å². The summed E-state index contributed by atoms with van der Waals surface area (Å²) in [7, 11) is -3.11. The lowest BCUT2D eigenvalue weighted by Crippen LogP contribution is -2.31. The zero-order valence-corrected chi connectivity index (χ0v) is 19.0. The van der Waals surface area contributed by atoms with Crippen LogP contribution in [0.1, 0.15) is 30.6 Å². The minimum absolute atomic E-state index is 0.0683. The van der Waals surface area contributed by atoms with Crippen molar-refractivity contribution in [2.75, 3.05) is 19.1 Å². The second-order valence-electron chi connectivity index (χ2n) is 7.16. The van der Waals surface area contributed by atoms with E-state index in [4.69, 9.17) is 22.2 Å². The van der Waals surface area contributed by atoms with Crippen molar-refractivity contribution in [1.29, 1.82) is 0 Å². The number of aliphatic imine (C=N–C) groups is 1. The molecule has 0 aliphatic carbocycles. The van der Waals surface area contributed by atoms with Crippen molar-refractivity contribution in [2.45, 2.75) is 32.0 Å². The lowest BCUT2D eigenvalue weighted by molar-refractivity contribution is -0.0884. The highest BCUT2D eigenvalue weighted by Gasteiger charge is 2.43. The minimum atomic E-state index is -4.88. The maximum Gasteiger partial charge on any atom is 0.421 e. The number of alkyl halides is 3. The number of halogens is 4. The van der Waals surface area contributed by atoms with Crippen molar-refractivity contribution in [3.8, 4) is 11.3 Å². The Labute approximate surface area is 194 Å². The van der Waals surface area contributed by atoms with Gasteiger partial charge < -0.3 is 15.7 Å². The maximum atomic E-state index is 13.6. The van der Waals surface area contributed by atoms with Crippen LogP contribution in [0.5, 0.6) is 0 Å². The Morgan fingerprint density at radius 1 is 1.30 bits per heavy atom. The molecule has 7 nitrogen and oxygen atoms in total. The van der Waals surface area contributed by atoms with Crippen molar-refractivity contribution >= 4 is 33.0 Å². The molecular weight excluding hydrogens is 483 g/mol. The maximum absolute atomic E-state index is 13.6. The SMILES string of the molecule is CCCOC1=C(C(F)(F)F)C=NC(c2c(CCO)cc(-c3cccc(Cl)c3)n2N)C1=S(=O)=O. The first-order valence-corrected chi connectivity index (χ1v) is 11.4. The molecule has 0 fully saturated rings. The molecule has 0 saturated carbocycles. The van der Waals surface area contributed by atoms with Crippen LogP contribution in [0.15, 0.2) is 46.7 Å². The van der Waals surface area contributed by atoms with Crippen LogP contribution in [-0.4, -0.2) is 48.7 Å². The van der Waals surface area contributed by atoms with Crippen molar-refractivity contribution in [3.05, 3.63) is 57.9 Å². The summed E-state index contributed by atoms with van der Waals surface area (Å²) in [6, 6.07) is 6.91. The van der Waals surface area contributed by atoms with Gasteiger partial charge in [0, 0.05) is 23.4 Å². The normalized spacial score (nSPS) is 16.4. The number of allylic oxidation sites excluding steroid dienone is 1. The smallest absolute Gasteiger partial charge is 0.421 e. The van der Waals surface area contributed by atoms with Gasteiger partial charge in [-0.05, 0) is 36.6 Å². The van der Waals surface area contributed by atoms with Gasteiger partial charge in [0.15, 0.2) is 5.76 Å². The van der Waals surface area contributed by atoms with Gasteiger partial charge in [0.05, 0.1) is 18.0 Å². The van der Waals surface area contributed by atoms with E-state index >= 15 is 0 Å². The fourth-order valence-corrected chi connectivity index (χ4v) is 4.41. The number of nitrogens with two attached hydrogens (primary N) is 1. The Morgan fingerprint density at radius 3 is 2.61 bits per heavy atom. The molecule has 1 aromatic heterocycles. The summed E-state index contributed by atoms with van der Waals surface area (Å²) in [5, 5.41) is 9.95. The second-order valence-corrected chi connectivity index (χ2v) is 8.51. The molecule has 2 heterocycles. The monoisotopic (exact) mass is 503 g/mol. The molecule has 1 aromatic carbocycles. The predicted molar refractivity (Wildman–Crippen MR) is 120 cm³/mol. The highest BCUT2D eigenvalue weighted by atomic mass is 35.5. The number of hydrogen-bond acceptors (Lipinski definition) is 6. The number of nitrogens with zero attached hydrogens (tertiary/aromatic N) is 2. The molecule has 0 bridgehead atoms. The van der Waals surface area contributed by atoms with E-state index in [0.29, 0.717) is 34.5 Å². The summed E-state index contributed by atoms with van der Waals surface area (Å²) >= 11 is 6.07. The van der Waals surface area contributed by atoms with E-state index < -0.39 is 38.7 Å². The van der Waals surface area contributed by atoms with Crippen LogP contribution in [-0.2, 0) is 21.5 Å². The van der Waals surface area contributed by atoms with Crippen LogP contribution in [0.3, 0.4) is 0 Å². The average Bonchev–Trinajstić information content (AvgIpc) is 3.06. The molecule has 3 N–H and O–H groups in total. The number of rotatable bonds is 7. The van der Waals surface area contributed by atoms with E-state index in [-0.39, 0.29) is 25.3 Å². The molecule has 12 heteroatoms. The summed E-state index contributed by atoms with van der Waals surface area (Å²) in [6.45, 7) is 1.25. The molecule has 0 radical (unpaired) electrons. The highest BCUT2D eigenvalue weighted by Crippen LogP contribution is 2.38. The molecular formula is C21H21ClF3N3O4S. The summed E-state index contributed by atoms with van der Waals surface area (Å²) in [5.74, 6) is 5.49. The Kier molecular flexibility index (Phi) is 7.55. The van der Waals surface area contributed by atoms with Gasteiger partial charge in [0.25, 0.3) is 0 Å². The zero-order chi connectivity index (χ0) is 24.3. The summed E-state index contributed by atoms with van der Waals surface area (Å²) in [5.41, 5.74) is 0.261. The van der Waals surface area contributed by atoms with Gasteiger partial charge in [-0.1, -0.05) is 30.7 Å². The molecule has 0 saturated heterocycles. The summed E-state index contributed by atoms with van der Waals surface area (Å²) in [4.78, 5) is 3.23. The van der Waals surface area contributed by atoms with Gasteiger partial charge in [0.1, 0.15) is 16.5 Å². The Balaban J connectivity index is 2.25. The topological polar surface area (TPSA) is 107 Å². The minimum Gasteiger partial charge on any atom is -0.491 e. The van der Waals surface area contributed by atoms with Crippen molar-refractivity contribution in [2.24, 2.45) is 4.99 Å². The van der Waals surface area contributed by atoms with E-state index in [9.17, 15) is 26.7 Å². The molecule has 178 valence electrons. The van der Waals surface area contributed by atoms with Crippen LogP contribution in [0.25, 0.3) is 11.3 Å². The first-order chi connectivity index (χ1) is 15.6. The fourth-order valence-electron chi connectivity index (χ4n) is 3.54. The van der Waals surface area contributed by atoms with E-state index in [1.54, 1.807) is 37.3 Å². The molecule has 1 unspecified atom stereocenters. The van der Waals surface area contributed by atoms with E-state index in [2.05, 4.69) is 4.99 Å². The van der Waals surface area contributed by atoms with Gasteiger partial charge in [-0.3, -0.25) is 9.67 Å². The molecule has 1 atom stereocenters. The Bertz CT molecular complexity index is 1240. The number of nitrogen functional groups attached to an aromatic ring is 1. The summed E-state index contributed by atoms with van der Waals surface area (Å²) in [6.07, 6.45) is -3.90. The van der Waals surface area contributed by atoms with Crippen molar-refractivity contribution < 1.29 is 31.4 Å². The first kappa shape index (κ1) is 24.9. The van der Waals surface area contributed by atoms with Gasteiger partial charge in [-0.2, -0.15) is 21.6 Å². The molecule has 1 aliphatic rings. The number of dihydropyridines is 1. The van der Waals surface area contributed by atoms with E-state index in [0.717, 1.165) is 4.68 Å². The molecule has 0 spiro atoms. The third kappa shape index (κ3) is 5.10. The number of benzene rings is 1. The predicted octanol–water partition coefficient (Wildman–Crippen LogP) is 3.48. The molecule has 3 rings (SSSR count). The van der Waals surface area contributed by atoms with Gasteiger partial charge in [-0.15, -0.1) is 0 Å². The van der Waals surface area contributed by atoms with Crippen LogP contribution < -0.4 is 5.84 Å². The number of aliphatic hydroxyl groups is 1. The number of hydrogen-bond donors (Lipinski definition) is 2. The standard InChI is InChI=1S/C21H21ClF3N3O4S/c1-2-8-32-19-15(21(23,24)25)11-27-17(20(19)33(30)31)18-13(6-7-29)10-16(28(18)26)12-4-3-5-14(22)9-12/h3-5,9-11,17,29H,2,6-8,26H2,1H3. The quantitative estimate of drug-likeness (QED) is 0.444. The first-order valence-electron chi connectivity index (χ1n) is 9.90. The number of aliphatic hydroxyl groups excluding tert-OH is 1. The number of aromatic nitrogens is 1. The third-order valence-electron chi connectivity index (χ3n) is 4.92. The largest absolute Gasteiger partial charge is 0.491 e. The molecule has 2 aromatic rings. The van der Waals surface area contributed by atoms with Crippen LogP contribution in [0, 0.1) is 0 Å². The lowest BCUT2D eigenvalue weighted by Gasteiger charge is -2.25. The Hall–Kier alpha value is -2.76. The Morgan fingerprint density at radius 2 is 2.03 bits per heavy atom. The molecule has 33 heavy (non-hydrogen) atoms. The van der Waals surface area contributed by atoms with E-state index in [1.807, 2.05) is 0 Å². The second kappa shape index (κ2) is 10.0. The van der Waals surface area contributed by atoms with E-state index in [1.165, 1.54) is 0 Å². The average molecular weight is 504 g/mol. The molecule has 1 aliphatic heterocycles. The van der Waals surface area contributed by atoms with Crippen LogP contribution >= 0.6 is 11.6 Å². The fraction of sp³-hybridized carbons (Fsp3) is 0.333. The van der Waals surface area contributed by atoms with Crippen LogP contribution in [0.4, 0.5) is 13.2 Å². The van der Waals surface area contributed by atoms with Gasteiger partial charge >= 0.3 is 6.18 Å². The third-order valence-corrected chi connectivity index (χ3v) is 5.93. The lowest BCUT2D eigenvalue weighted by atomic mass is 9.99. The van der Waals surface area contributed by atoms with Crippen molar-refractivity contribution in [3.63, 3.8) is 0 Å². The van der Waals surface area contributed by atoms with Gasteiger partial charge in [0.2, 0.25) is 10.3 Å². The van der Waals surface area contributed by atoms with Gasteiger partial charge in [-0.25, -0.2) is 0 Å².